The van der Waals surface area contributed by atoms with E-state index in [1.54, 1.807) is 32.4 Å². The summed E-state index contributed by atoms with van der Waals surface area (Å²) in [6.45, 7) is 1.15. The number of aromatic nitrogens is 2. The zero-order valence-electron chi connectivity index (χ0n) is 16.7. The molecule has 0 fully saturated rings. The summed E-state index contributed by atoms with van der Waals surface area (Å²) in [5, 5.41) is 10.1. The summed E-state index contributed by atoms with van der Waals surface area (Å²) in [7, 11) is -2.94. The normalized spacial score (nSPS) is 11.5. The topological polar surface area (TPSA) is 117 Å². The molecule has 0 aliphatic heterocycles. The van der Waals surface area contributed by atoms with Gasteiger partial charge in [0.15, 0.2) is 5.82 Å². The number of nitrogens with two attached hydrogens (primary N) is 1. The monoisotopic (exact) mass is 514 g/mol. The number of esters is 1. The Morgan fingerprint density at radius 1 is 1.32 bits per heavy atom. The lowest BCUT2D eigenvalue weighted by Crippen LogP contribution is -2.41. The highest BCUT2D eigenvalue weighted by Gasteiger charge is 2.29. The third-order valence-electron chi connectivity index (χ3n) is 4.36. The fraction of sp³-hybridized carbons (Fsp3) is 0.263. The molecule has 166 valence electrons. The molecule has 0 atom stereocenters. The van der Waals surface area contributed by atoms with Crippen molar-refractivity contribution in [1.29, 1.82) is 0 Å². The van der Waals surface area contributed by atoms with Gasteiger partial charge in [-0.2, -0.15) is 13.5 Å². The van der Waals surface area contributed by atoms with Gasteiger partial charge in [-0.3, -0.25) is 9.48 Å². The zero-order valence-corrected chi connectivity index (χ0v) is 19.1. The molecule has 0 unspecified atom stereocenters. The van der Waals surface area contributed by atoms with Gasteiger partial charge in [-0.15, -0.1) is 0 Å². The van der Waals surface area contributed by atoms with E-state index in [0.29, 0.717) is 26.5 Å². The highest BCUT2D eigenvalue weighted by Crippen LogP contribution is 2.35. The standard InChI is InChI=1S/C19H20BrFN4O5S/c1-3-30-17(26)11-25(31(22,27)28)19-16(21)8-15(20)14-10-24(23-18(14)19)9-12-4-6-13(29-2)7-5-12/h4-8,10H,3,9,11H2,1-2H3,(H2,22,27,28). The Labute approximate surface area is 186 Å². The van der Waals surface area contributed by atoms with Gasteiger partial charge in [0.05, 0.1) is 20.3 Å². The molecule has 9 nitrogen and oxygen atoms in total. The van der Waals surface area contributed by atoms with E-state index in [1.165, 1.54) is 4.68 Å². The fourth-order valence-electron chi connectivity index (χ4n) is 3.00. The Morgan fingerprint density at radius 2 is 2.00 bits per heavy atom. The first-order valence-corrected chi connectivity index (χ1v) is 11.4. The van der Waals surface area contributed by atoms with Crippen molar-refractivity contribution < 1.29 is 27.1 Å². The second kappa shape index (κ2) is 9.20. The van der Waals surface area contributed by atoms with Crippen molar-refractivity contribution in [2.75, 3.05) is 24.6 Å². The number of nitrogens with zero attached hydrogens (tertiary/aromatic N) is 3. The number of anilines is 1. The van der Waals surface area contributed by atoms with Crippen LogP contribution >= 0.6 is 15.9 Å². The number of rotatable bonds is 8. The van der Waals surface area contributed by atoms with E-state index in [-0.39, 0.29) is 12.1 Å². The van der Waals surface area contributed by atoms with Crippen molar-refractivity contribution in [2.24, 2.45) is 5.14 Å². The summed E-state index contributed by atoms with van der Waals surface area (Å²) in [5.74, 6) is -1.08. The first-order chi connectivity index (χ1) is 14.6. The Balaban J connectivity index is 2.08. The number of hydrogen-bond acceptors (Lipinski definition) is 6. The van der Waals surface area contributed by atoms with Gasteiger partial charge in [0.2, 0.25) is 0 Å². The lowest BCUT2D eigenvalue weighted by Gasteiger charge is -2.21. The minimum Gasteiger partial charge on any atom is -0.497 e. The van der Waals surface area contributed by atoms with Crippen LogP contribution in [-0.4, -0.2) is 44.4 Å². The van der Waals surface area contributed by atoms with Gasteiger partial charge in [-0.25, -0.2) is 13.8 Å². The predicted octanol–water partition coefficient (Wildman–Crippen LogP) is 2.57. The number of benzene rings is 2. The van der Waals surface area contributed by atoms with Gasteiger partial charge in [-0.1, -0.05) is 12.1 Å². The zero-order chi connectivity index (χ0) is 22.8. The molecule has 0 saturated carbocycles. The smallest absolute Gasteiger partial charge is 0.326 e. The van der Waals surface area contributed by atoms with E-state index in [1.807, 2.05) is 12.1 Å². The molecule has 0 aliphatic carbocycles. The van der Waals surface area contributed by atoms with Crippen molar-refractivity contribution in [1.82, 2.24) is 9.78 Å². The average molecular weight is 515 g/mol. The number of ether oxygens (including phenoxy) is 2. The Kier molecular flexibility index (Phi) is 6.82. The fourth-order valence-corrected chi connectivity index (χ4v) is 4.20. The third-order valence-corrected chi connectivity index (χ3v) is 5.94. The van der Waals surface area contributed by atoms with E-state index in [0.717, 1.165) is 11.6 Å². The van der Waals surface area contributed by atoms with Crippen LogP contribution in [0.15, 0.2) is 41.0 Å². The largest absolute Gasteiger partial charge is 0.497 e. The molecule has 0 spiro atoms. The van der Waals surface area contributed by atoms with Gasteiger partial charge in [0.1, 0.15) is 23.5 Å². The lowest BCUT2D eigenvalue weighted by molar-refractivity contribution is -0.141. The van der Waals surface area contributed by atoms with Crippen molar-refractivity contribution in [2.45, 2.75) is 13.5 Å². The molecule has 3 rings (SSSR count). The van der Waals surface area contributed by atoms with E-state index < -0.39 is 34.2 Å². The molecular weight excluding hydrogens is 495 g/mol. The molecule has 0 saturated heterocycles. The molecular formula is C19H20BrFN4O5S. The van der Waals surface area contributed by atoms with Crippen LogP contribution < -0.4 is 14.2 Å². The summed E-state index contributed by atoms with van der Waals surface area (Å²) in [6, 6.07) is 8.38. The van der Waals surface area contributed by atoms with Crippen molar-refractivity contribution in [3.8, 4) is 5.75 Å². The van der Waals surface area contributed by atoms with E-state index in [2.05, 4.69) is 21.0 Å². The van der Waals surface area contributed by atoms with Gasteiger partial charge < -0.3 is 9.47 Å². The van der Waals surface area contributed by atoms with Crippen LogP contribution in [0.2, 0.25) is 0 Å². The van der Waals surface area contributed by atoms with Gasteiger partial charge >= 0.3 is 5.97 Å². The first-order valence-electron chi connectivity index (χ1n) is 9.08. The van der Waals surface area contributed by atoms with Crippen LogP contribution in [0.1, 0.15) is 12.5 Å². The maximum atomic E-state index is 14.9. The van der Waals surface area contributed by atoms with Gasteiger partial charge in [0.25, 0.3) is 10.2 Å². The maximum Gasteiger partial charge on any atom is 0.326 e. The Morgan fingerprint density at radius 3 is 2.58 bits per heavy atom. The second-order valence-corrected chi connectivity index (χ2v) is 8.81. The molecule has 0 radical (unpaired) electrons. The van der Waals surface area contributed by atoms with Gasteiger partial charge in [0, 0.05) is 16.1 Å². The van der Waals surface area contributed by atoms with E-state index >= 15 is 0 Å². The summed E-state index contributed by atoms with van der Waals surface area (Å²) in [6.07, 6.45) is 1.64. The van der Waals surface area contributed by atoms with Crippen LogP contribution in [0.5, 0.6) is 5.75 Å². The molecule has 1 aromatic heterocycles. The van der Waals surface area contributed by atoms with Crippen molar-refractivity contribution >= 4 is 48.7 Å². The highest BCUT2D eigenvalue weighted by molar-refractivity contribution is 9.10. The Hall–Kier alpha value is -2.70. The molecule has 1 heterocycles. The first kappa shape index (κ1) is 23.0. The van der Waals surface area contributed by atoms with Crippen LogP contribution in [0.4, 0.5) is 10.1 Å². The summed E-state index contributed by atoms with van der Waals surface area (Å²) >= 11 is 3.27. The highest BCUT2D eigenvalue weighted by atomic mass is 79.9. The number of carbonyl (C=O) groups is 1. The molecule has 0 bridgehead atoms. The molecule has 2 N–H and O–H groups in total. The minimum absolute atomic E-state index is 0.0266. The molecule has 0 amide bonds. The minimum atomic E-state index is -4.50. The number of hydrogen-bond donors (Lipinski definition) is 1. The Bertz CT molecular complexity index is 1210. The van der Waals surface area contributed by atoms with Gasteiger partial charge in [-0.05, 0) is 46.6 Å². The van der Waals surface area contributed by atoms with Crippen molar-refractivity contribution in [3.05, 3.63) is 52.4 Å². The molecule has 0 aliphatic rings. The quantitative estimate of drug-likeness (QED) is 0.461. The number of fused-ring (bicyclic) bond motifs is 1. The van der Waals surface area contributed by atoms with Crippen LogP contribution in [-0.2, 0) is 26.3 Å². The molecule has 31 heavy (non-hydrogen) atoms. The summed E-state index contributed by atoms with van der Waals surface area (Å²) in [5.41, 5.74) is 0.488. The molecule has 12 heteroatoms. The second-order valence-electron chi connectivity index (χ2n) is 6.48. The molecule has 3 aromatic rings. The summed E-state index contributed by atoms with van der Waals surface area (Å²) in [4.78, 5) is 11.9. The lowest BCUT2D eigenvalue weighted by atomic mass is 10.2. The van der Waals surface area contributed by atoms with Crippen LogP contribution in [0.3, 0.4) is 0 Å². The van der Waals surface area contributed by atoms with E-state index in [9.17, 15) is 17.6 Å². The number of halogens is 2. The number of methoxy groups -OCH3 is 1. The maximum absolute atomic E-state index is 14.9. The van der Waals surface area contributed by atoms with Crippen molar-refractivity contribution in [3.63, 3.8) is 0 Å². The SMILES string of the molecule is CCOC(=O)CN(c1c(F)cc(Br)c2cn(Cc3ccc(OC)cc3)nc12)S(N)(=O)=O. The van der Waals surface area contributed by atoms with E-state index in [4.69, 9.17) is 14.6 Å². The van der Waals surface area contributed by atoms with Crippen LogP contribution in [0, 0.1) is 5.82 Å². The van der Waals surface area contributed by atoms with Crippen LogP contribution in [0.25, 0.3) is 10.9 Å². The average Bonchev–Trinajstić information content (AvgIpc) is 3.11. The predicted molar refractivity (Wildman–Crippen MR) is 117 cm³/mol. The number of carbonyl (C=O) groups excluding carboxylic acids is 1. The summed E-state index contributed by atoms with van der Waals surface area (Å²) < 4.78 is 51.6. The molecule has 2 aromatic carbocycles. The third kappa shape index (κ3) is 5.14.